The number of rotatable bonds is 2. The Morgan fingerprint density at radius 2 is 1.68 bits per heavy atom. The number of fused-ring (bicyclic) bond motifs is 5. The second-order valence-corrected chi connectivity index (χ2v) is 9.19. The van der Waals surface area contributed by atoms with E-state index in [2.05, 4.69) is 0 Å². The molecule has 0 saturated heterocycles. The fourth-order valence-electron chi connectivity index (χ4n) is 5.09. The van der Waals surface area contributed by atoms with Gasteiger partial charge in [-0.15, -0.1) is 0 Å². The zero-order chi connectivity index (χ0) is 23.8. The van der Waals surface area contributed by atoms with Crippen LogP contribution in [0, 0.1) is 0 Å². The summed E-state index contributed by atoms with van der Waals surface area (Å²) in [5.74, 6) is -1.12. The number of likely N-dealkylation sites (N-methyl/N-ethyl adjacent to an activating group) is 1. The summed E-state index contributed by atoms with van der Waals surface area (Å²) in [4.78, 5) is 44.7. The number of anilines is 1. The molecule has 8 heteroatoms. The van der Waals surface area contributed by atoms with E-state index in [0.29, 0.717) is 26.9 Å². The van der Waals surface area contributed by atoms with Gasteiger partial charge in [0.25, 0.3) is 11.8 Å². The number of amides is 2. The first-order valence-electron chi connectivity index (χ1n) is 10.6. The predicted molar refractivity (Wildman–Crippen MR) is 129 cm³/mol. The molecule has 2 amide bonds. The van der Waals surface area contributed by atoms with Gasteiger partial charge in [0, 0.05) is 34.9 Å². The van der Waals surface area contributed by atoms with Crippen molar-refractivity contribution < 1.29 is 14.0 Å². The highest BCUT2D eigenvalue weighted by atomic mass is 35.5. The number of halogens is 2. The lowest BCUT2D eigenvalue weighted by molar-refractivity contribution is -0.126. The second-order valence-electron chi connectivity index (χ2n) is 8.35. The first-order chi connectivity index (χ1) is 16.4. The fourth-order valence-corrected chi connectivity index (χ4v) is 5.45. The van der Waals surface area contributed by atoms with Crippen LogP contribution in [0.3, 0.4) is 0 Å². The predicted octanol–water partition coefficient (Wildman–Crippen LogP) is 4.98. The van der Waals surface area contributed by atoms with Gasteiger partial charge in [-0.2, -0.15) is 0 Å². The Balaban J connectivity index is 1.73. The van der Waals surface area contributed by atoms with Crippen LogP contribution < -0.4 is 10.3 Å². The summed E-state index contributed by atoms with van der Waals surface area (Å²) in [7, 11) is 1.63. The van der Waals surface area contributed by atoms with Crippen LogP contribution in [0.1, 0.15) is 27.2 Å². The molecule has 2 aliphatic heterocycles. The molecule has 1 unspecified atom stereocenters. The number of para-hydroxylation sites is 1. The van der Waals surface area contributed by atoms with Crippen LogP contribution >= 0.6 is 23.2 Å². The summed E-state index contributed by atoms with van der Waals surface area (Å²) in [6, 6.07) is 18.9. The maximum atomic E-state index is 14.0. The van der Waals surface area contributed by atoms with E-state index in [1.54, 1.807) is 67.7 Å². The highest BCUT2D eigenvalue weighted by Gasteiger charge is 2.64. The molecule has 1 aromatic heterocycles. The van der Waals surface area contributed by atoms with Gasteiger partial charge in [0.05, 0.1) is 10.9 Å². The van der Waals surface area contributed by atoms with Gasteiger partial charge in [-0.25, -0.2) is 0 Å². The lowest BCUT2D eigenvalue weighted by Gasteiger charge is -2.34. The molecular formula is C26H16Cl2N2O4. The third-order valence-corrected chi connectivity index (χ3v) is 7.22. The van der Waals surface area contributed by atoms with Crippen LogP contribution in [0.5, 0.6) is 0 Å². The molecule has 34 heavy (non-hydrogen) atoms. The van der Waals surface area contributed by atoms with Crippen LogP contribution in [-0.4, -0.2) is 23.8 Å². The molecular weight excluding hydrogens is 475 g/mol. The van der Waals surface area contributed by atoms with Crippen molar-refractivity contribution >= 4 is 51.7 Å². The minimum atomic E-state index is -1.69. The van der Waals surface area contributed by atoms with Crippen molar-refractivity contribution in [3.63, 3.8) is 0 Å². The number of carbonyl (C=O) groups is 2. The molecule has 0 aliphatic carbocycles. The molecule has 0 saturated carbocycles. The Labute approximate surface area is 203 Å². The van der Waals surface area contributed by atoms with Crippen molar-refractivity contribution in [3.8, 4) is 0 Å². The van der Waals surface area contributed by atoms with E-state index >= 15 is 0 Å². The van der Waals surface area contributed by atoms with Crippen molar-refractivity contribution in [1.29, 1.82) is 0 Å². The molecule has 6 nitrogen and oxygen atoms in total. The summed E-state index contributed by atoms with van der Waals surface area (Å²) in [5.41, 5.74) is -0.131. The molecule has 1 atom stereocenters. The highest BCUT2D eigenvalue weighted by Crippen LogP contribution is 2.52. The Bertz CT molecular complexity index is 1610. The summed E-state index contributed by atoms with van der Waals surface area (Å²) in [5, 5.41) is 1.00. The minimum Gasteiger partial charge on any atom is -0.450 e. The molecule has 0 bridgehead atoms. The van der Waals surface area contributed by atoms with E-state index < -0.39 is 22.8 Å². The van der Waals surface area contributed by atoms with Crippen LogP contribution in [-0.2, 0) is 16.9 Å². The molecule has 0 radical (unpaired) electrons. The van der Waals surface area contributed by atoms with Crippen molar-refractivity contribution in [2.45, 2.75) is 12.1 Å². The topological polar surface area (TPSA) is 70.8 Å². The maximum Gasteiger partial charge on any atom is 0.291 e. The minimum absolute atomic E-state index is 0.00104. The Hall–Kier alpha value is -3.61. The van der Waals surface area contributed by atoms with E-state index in [4.69, 9.17) is 27.6 Å². The van der Waals surface area contributed by atoms with Gasteiger partial charge in [-0.3, -0.25) is 14.4 Å². The van der Waals surface area contributed by atoms with Gasteiger partial charge < -0.3 is 14.2 Å². The first-order valence-corrected chi connectivity index (χ1v) is 11.3. The van der Waals surface area contributed by atoms with Gasteiger partial charge in [0.1, 0.15) is 5.58 Å². The third kappa shape index (κ3) is 2.55. The average Bonchev–Trinajstić information content (AvgIpc) is 3.21. The van der Waals surface area contributed by atoms with Crippen LogP contribution in [0.4, 0.5) is 5.69 Å². The number of hydrogen-bond acceptors (Lipinski definition) is 4. The molecule has 4 aromatic rings. The summed E-state index contributed by atoms with van der Waals surface area (Å²) < 4.78 is 5.98. The molecule has 1 spiro atoms. The Morgan fingerprint density at radius 1 is 0.941 bits per heavy atom. The summed E-state index contributed by atoms with van der Waals surface area (Å²) >= 11 is 12.6. The molecule has 2 aliphatic rings. The monoisotopic (exact) mass is 490 g/mol. The maximum absolute atomic E-state index is 14.0. The van der Waals surface area contributed by atoms with Gasteiger partial charge >= 0.3 is 0 Å². The molecule has 6 rings (SSSR count). The highest BCUT2D eigenvalue weighted by molar-refractivity contribution is 6.31. The average molecular weight is 491 g/mol. The number of benzene rings is 3. The van der Waals surface area contributed by atoms with Crippen molar-refractivity contribution in [1.82, 2.24) is 4.90 Å². The van der Waals surface area contributed by atoms with Crippen molar-refractivity contribution in [2.75, 3.05) is 11.9 Å². The summed E-state index contributed by atoms with van der Waals surface area (Å²) in [6.45, 7) is 0.00711. The van der Waals surface area contributed by atoms with Gasteiger partial charge in [-0.1, -0.05) is 59.6 Å². The molecule has 3 aromatic carbocycles. The second kappa shape index (κ2) is 7.19. The normalized spacial score (nSPS) is 18.8. The largest absolute Gasteiger partial charge is 0.450 e. The standard InChI is InChI=1S/C26H16Cl2N2O4/c1-29-19-9-5-3-7-17(19)26(25(29)33)21-22(31)16-12-15(27)10-11-20(16)34-23(21)24(32)30(26)13-14-6-2-4-8-18(14)28/h2-12H,13H2,1H3. The third-order valence-electron chi connectivity index (χ3n) is 6.61. The van der Waals surface area contributed by atoms with E-state index in [1.807, 2.05) is 0 Å². The van der Waals surface area contributed by atoms with E-state index in [9.17, 15) is 14.4 Å². The van der Waals surface area contributed by atoms with E-state index in [0.717, 1.165) is 0 Å². The lowest BCUT2D eigenvalue weighted by Crippen LogP contribution is -2.52. The van der Waals surface area contributed by atoms with Gasteiger partial charge in [0.2, 0.25) is 5.76 Å². The smallest absolute Gasteiger partial charge is 0.291 e. The molecule has 0 fully saturated rings. The van der Waals surface area contributed by atoms with Crippen LogP contribution in [0.2, 0.25) is 10.0 Å². The lowest BCUT2D eigenvalue weighted by atomic mass is 9.83. The Morgan fingerprint density at radius 3 is 2.47 bits per heavy atom. The number of carbonyl (C=O) groups excluding carboxylic acids is 2. The number of hydrogen-bond donors (Lipinski definition) is 0. The van der Waals surface area contributed by atoms with Crippen molar-refractivity contribution in [3.05, 3.63) is 109 Å². The van der Waals surface area contributed by atoms with E-state index in [1.165, 1.54) is 15.9 Å². The zero-order valence-electron chi connectivity index (χ0n) is 17.8. The van der Waals surface area contributed by atoms with Crippen LogP contribution in [0.15, 0.2) is 75.9 Å². The first kappa shape index (κ1) is 21.0. The van der Waals surface area contributed by atoms with Crippen LogP contribution in [0.25, 0.3) is 11.0 Å². The zero-order valence-corrected chi connectivity index (χ0v) is 19.4. The summed E-state index contributed by atoms with van der Waals surface area (Å²) in [6.07, 6.45) is 0. The Kier molecular flexibility index (Phi) is 4.43. The quantitative estimate of drug-likeness (QED) is 0.397. The van der Waals surface area contributed by atoms with Gasteiger partial charge in [0.15, 0.2) is 11.0 Å². The van der Waals surface area contributed by atoms with E-state index in [-0.39, 0.29) is 28.8 Å². The number of nitrogens with zero attached hydrogens (tertiary/aromatic N) is 2. The SMILES string of the molecule is CN1C(=O)C2(c3ccccc31)c1c(oc3ccc(Cl)cc3c1=O)C(=O)N2Cc1ccccc1Cl. The fraction of sp³-hybridized carbons (Fsp3) is 0.115. The molecule has 3 heterocycles. The van der Waals surface area contributed by atoms with Crippen molar-refractivity contribution in [2.24, 2.45) is 0 Å². The molecule has 168 valence electrons. The van der Waals surface area contributed by atoms with Gasteiger partial charge in [-0.05, 0) is 35.9 Å². The molecule has 0 N–H and O–H groups in total.